The number of aliphatic hydroxyl groups excluding tert-OH is 1. The molecule has 0 aliphatic heterocycles. The average Bonchev–Trinajstić information content (AvgIpc) is 2.52. The number of aliphatic carboxylic acids is 1. The zero-order valence-electron chi connectivity index (χ0n) is 15.1. The fourth-order valence-electron chi connectivity index (χ4n) is 2.73. The Balaban J connectivity index is 3.16. The summed E-state index contributed by atoms with van der Waals surface area (Å²) in [5.41, 5.74) is 0. The maximum atomic E-state index is 10.4. The summed E-state index contributed by atoms with van der Waals surface area (Å²) in [6.07, 6.45) is 20.3. The smallest absolute Gasteiger partial charge is 0.303 e. The first kappa shape index (κ1) is 22.2. The highest BCUT2D eigenvalue weighted by Crippen LogP contribution is 2.13. The zero-order valence-corrected chi connectivity index (χ0v) is 15.1. The van der Waals surface area contributed by atoms with E-state index in [9.17, 15) is 9.90 Å². The number of hydrogen-bond donors (Lipinski definition) is 2. The molecule has 3 nitrogen and oxygen atoms in total. The van der Waals surface area contributed by atoms with Gasteiger partial charge in [0.2, 0.25) is 0 Å². The van der Waals surface area contributed by atoms with Crippen LogP contribution in [0.15, 0.2) is 12.2 Å². The number of hydrogen-bond acceptors (Lipinski definition) is 2. The normalized spacial score (nSPS) is 12.8. The van der Waals surface area contributed by atoms with Gasteiger partial charge in [-0.3, -0.25) is 4.79 Å². The summed E-state index contributed by atoms with van der Waals surface area (Å²) in [5, 5.41) is 18.4. The fraction of sp³-hybridized carbons (Fsp3) is 0.850. The molecule has 0 aliphatic carbocycles. The minimum atomic E-state index is -0.674. The van der Waals surface area contributed by atoms with Gasteiger partial charge >= 0.3 is 5.97 Å². The molecule has 1 unspecified atom stereocenters. The van der Waals surface area contributed by atoms with E-state index < -0.39 is 5.97 Å². The molecule has 0 saturated heterocycles. The van der Waals surface area contributed by atoms with Crippen molar-refractivity contribution in [2.24, 2.45) is 0 Å². The van der Waals surface area contributed by atoms with Crippen LogP contribution in [0.4, 0.5) is 0 Å². The van der Waals surface area contributed by atoms with Gasteiger partial charge in [-0.25, -0.2) is 0 Å². The summed E-state index contributed by atoms with van der Waals surface area (Å²) in [5.74, 6) is -0.674. The van der Waals surface area contributed by atoms with E-state index in [4.69, 9.17) is 5.11 Å². The Morgan fingerprint density at radius 2 is 1.39 bits per heavy atom. The second kappa shape index (κ2) is 17.5. The lowest BCUT2D eigenvalue weighted by Gasteiger charge is -2.07. The molecular weight excluding hydrogens is 288 g/mol. The van der Waals surface area contributed by atoms with Gasteiger partial charge in [0.05, 0.1) is 6.10 Å². The molecule has 0 heterocycles. The Kier molecular flexibility index (Phi) is 16.9. The van der Waals surface area contributed by atoms with Crippen molar-refractivity contribution < 1.29 is 15.0 Å². The van der Waals surface area contributed by atoms with Gasteiger partial charge in [-0.05, 0) is 25.7 Å². The number of aliphatic hydroxyl groups is 1. The van der Waals surface area contributed by atoms with E-state index in [2.05, 4.69) is 19.1 Å². The Hall–Kier alpha value is -0.830. The summed E-state index contributed by atoms with van der Waals surface area (Å²) in [7, 11) is 0. The first-order chi connectivity index (χ1) is 11.2. The van der Waals surface area contributed by atoms with E-state index in [1.54, 1.807) is 0 Å². The maximum Gasteiger partial charge on any atom is 0.303 e. The van der Waals surface area contributed by atoms with E-state index in [1.807, 2.05) is 0 Å². The van der Waals surface area contributed by atoms with Gasteiger partial charge in [0.25, 0.3) is 0 Å². The van der Waals surface area contributed by atoms with Crippen molar-refractivity contribution in [2.45, 2.75) is 109 Å². The van der Waals surface area contributed by atoms with E-state index in [0.29, 0.717) is 6.42 Å². The molecule has 0 aromatic rings. The molecule has 0 fully saturated rings. The highest BCUT2D eigenvalue weighted by molar-refractivity contribution is 5.66. The number of unbranched alkanes of at least 4 members (excludes halogenated alkanes) is 10. The highest BCUT2D eigenvalue weighted by Gasteiger charge is 2.01. The number of carboxylic acids is 1. The third kappa shape index (κ3) is 19.1. The average molecular weight is 327 g/mol. The number of rotatable bonds is 17. The van der Waals surface area contributed by atoms with E-state index in [0.717, 1.165) is 38.5 Å². The van der Waals surface area contributed by atoms with Crippen LogP contribution in [0.3, 0.4) is 0 Å². The van der Waals surface area contributed by atoms with Crippen LogP contribution in [0.1, 0.15) is 103 Å². The second-order valence-corrected chi connectivity index (χ2v) is 6.62. The van der Waals surface area contributed by atoms with Crippen LogP contribution in [0.5, 0.6) is 0 Å². The molecule has 0 saturated carbocycles. The van der Waals surface area contributed by atoms with Crippen molar-refractivity contribution in [3.8, 4) is 0 Å². The molecule has 0 aromatic carbocycles. The quantitative estimate of drug-likeness (QED) is 0.260. The lowest BCUT2D eigenvalue weighted by atomic mass is 10.0. The Morgan fingerprint density at radius 1 is 0.870 bits per heavy atom. The number of carbonyl (C=O) groups is 1. The highest BCUT2D eigenvalue weighted by atomic mass is 16.4. The number of allylic oxidation sites excluding steroid dienone is 1. The standard InChI is InChI=1S/C20H38O3/c1-2-3-4-13-16-19(21)17-14-11-9-7-5-6-8-10-12-15-18-20(22)23/h4,13,19,21H,2-3,5-12,14-18H2,1H3,(H,22,23). The van der Waals surface area contributed by atoms with Gasteiger partial charge in [0, 0.05) is 6.42 Å². The monoisotopic (exact) mass is 326 g/mol. The maximum absolute atomic E-state index is 10.4. The van der Waals surface area contributed by atoms with Crippen LogP contribution < -0.4 is 0 Å². The van der Waals surface area contributed by atoms with Gasteiger partial charge in [0.1, 0.15) is 0 Å². The summed E-state index contributed by atoms with van der Waals surface area (Å²) in [4.78, 5) is 10.4. The lowest BCUT2D eigenvalue weighted by Crippen LogP contribution is -2.04. The summed E-state index contributed by atoms with van der Waals surface area (Å²) < 4.78 is 0. The number of carboxylic acid groups (broad SMARTS) is 1. The summed E-state index contributed by atoms with van der Waals surface area (Å²) in [6, 6.07) is 0. The molecule has 1 atom stereocenters. The van der Waals surface area contributed by atoms with Crippen molar-refractivity contribution in [3.63, 3.8) is 0 Å². The third-order valence-corrected chi connectivity index (χ3v) is 4.21. The van der Waals surface area contributed by atoms with Crippen LogP contribution in [-0.4, -0.2) is 22.3 Å². The lowest BCUT2D eigenvalue weighted by molar-refractivity contribution is -0.137. The van der Waals surface area contributed by atoms with Crippen LogP contribution in [-0.2, 0) is 4.79 Å². The summed E-state index contributed by atoms with van der Waals surface area (Å²) in [6.45, 7) is 2.17. The summed E-state index contributed by atoms with van der Waals surface area (Å²) >= 11 is 0. The van der Waals surface area contributed by atoms with Gasteiger partial charge < -0.3 is 10.2 Å². The van der Waals surface area contributed by atoms with Gasteiger partial charge in [-0.2, -0.15) is 0 Å². The predicted octanol–water partition coefficient (Wildman–Crippen LogP) is 5.86. The Morgan fingerprint density at radius 3 is 1.91 bits per heavy atom. The van der Waals surface area contributed by atoms with E-state index in [-0.39, 0.29) is 6.10 Å². The van der Waals surface area contributed by atoms with Crippen LogP contribution in [0.25, 0.3) is 0 Å². The largest absolute Gasteiger partial charge is 0.481 e. The Labute approximate surface area is 143 Å². The Bertz CT molecular complexity index is 287. The van der Waals surface area contributed by atoms with Gasteiger partial charge in [0.15, 0.2) is 0 Å². The molecule has 3 heteroatoms. The topological polar surface area (TPSA) is 57.5 Å². The van der Waals surface area contributed by atoms with E-state index >= 15 is 0 Å². The van der Waals surface area contributed by atoms with Gasteiger partial charge in [-0.15, -0.1) is 0 Å². The SMILES string of the molecule is CCCC=CCC(O)CCCCCCCCCCCCC(=O)O. The minimum absolute atomic E-state index is 0.158. The fourth-order valence-corrected chi connectivity index (χ4v) is 2.73. The van der Waals surface area contributed by atoms with Crippen molar-refractivity contribution in [1.29, 1.82) is 0 Å². The van der Waals surface area contributed by atoms with Crippen molar-refractivity contribution in [3.05, 3.63) is 12.2 Å². The first-order valence-electron chi connectivity index (χ1n) is 9.71. The molecule has 0 aliphatic rings. The van der Waals surface area contributed by atoms with Crippen molar-refractivity contribution in [2.75, 3.05) is 0 Å². The molecule has 0 spiro atoms. The minimum Gasteiger partial charge on any atom is -0.481 e. The zero-order chi connectivity index (χ0) is 17.2. The van der Waals surface area contributed by atoms with Crippen molar-refractivity contribution in [1.82, 2.24) is 0 Å². The molecule has 0 aromatic heterocycles. The molecule has 0 amide bonds. The van der Waals surface area contributed by atoms with E-state index in [1.165, 1.54) is 51.4 Å². The van der Waals surface area contributed by atoms with Crippen LogP contribution >= 0.6 is 0 Å². The third-order valence-electron chi connectivity index (χ3n) is 4.21. The molecule has 136 valence electrons. The van der Waals surface area contributed by atoms with Crippen LogP contribution in [0.2, 0.25) is 0 Å². The molecule has 0 rings (SSSR count). The molecular formula is C20H38O3. The predicted molar refractivity (Wildman–Crippen MR) is 97.7 cm³/mol. The van der Waals surface area contributed by atoms with Crippen LogP contribution in [0, 0.1) is 0 Å². The molecule has 0 radical (unpaired) electrons. The first-order valence-corrected chi connectivity index (χ1v) is 9.71. The molecule has 23 heavy (non-hydrogen) atoms. The second-order valence-electron chi connectivity index (χ2n) is 6.62. The molecule has 0 bridgehead atoms. The van der Waals surface area contributed by atoms with Gasteiger partial charge in [-0.1, -0.05) is 83.3 Å². The van der Waals surface area contributed by atoms with Crippen molar-refractivity contribution >= 4 is 5.97 Å². The molecule has 2 N–H and O–H groups in total.